The number of thiophene rings is 1. The first-order valence-electron chi connectivity index (χ1n) is 7.98. The molecular formula is C18H18ClN3S. The van der Waals surface area contributed by atoms with Crippen molar-refractivity contribution in [2.24, 2.45) is 5.92 Å². The fourth-order valence-corrected chi connectivity index (χ4v) is 4.49. The zero-order valence-corrected chi connectivity index (χ0v) is 14.6. The van der Waals surface area contributed by atoms with Gasteiger partial charge < -0.3 is 4.90 Å². The Kier molecular flexibility index (Phi) is 3.95. The maximum atomic E-state index is 6.19. The number of fused-ring (bicyclic) bond motifs is 1. The van der Waals surface area contributed by atoms with E-state index in [2.05, 4.69) is 52.1 Å². The van der Waals surface area contributed by atoms with E-state index in [4.69, 9.17) is 11.6 Å². The Hall–Kier alpha value is -1.65. The molecule has 1 unspecified atom stereocenters. The van der Waals surface area contributed by atoms with E-state index in [1.165, 1.54) is 23.3 Å². The average Bonchev–Trinajstić information content (AvgIpc) is 2.98. The molecule has 3 heterocycles. The lowest BCUT2D eigenvalue weighted by Gasteiger charge is -2.32. The first-order chi connectivity index (χ1) is 11.2. The number of benzene rings is 1. The Bertz CT molecular complexity index is 831. The Morgan fingerprint density at radius 3 is 2.83 bits per heavy atom. The van der Waals surface area contributed by atoms with E-state index < -0.39 is 0 Å². The Balaban J connectivity index is 1.82. The van der Waals surface area contributed by atoms with Gasteiger partial charge in [-0.05, 0) is 42.0 Å². The molecule has 1 aromatic carbocycles. The van der Waals surface area contributed by atoms with Crippen LogP contribution in [0, 0.1) is 5.92 Å². The van der Waals surface area contributed by atoms with Gasteiger partial charge in [-0.25, -0.2) is 4.98 Å². The third kappa shape index (κ3) is 2.93. The van der Waals surface area contributed by atoms with Gasteiger partial charge in [-0.3, -0.25) is 0 Å². The molecule has 1 fully saturated rings. The standard InChI is InChI=1S/C18H18ClN3S/c1-12-6-5-9-22(11-12)16-14-10-15(13-7-3-2-4-8-13)23-17(14)21-18(19)20-16/h2-4,7-8,10,12H,5-6,9,11H2,1H3. The van der Waals surface area contributed by atoms with Gasteiger partial charge >= 0.3 is 0 Å². The third-order valence-corrected chi connectivity index (χ3v) is 5.61. The molecule has 0 N–H and O–H groups in total. The van der Waals surface area contributed by atoms with Crippen LogP contribution < -0.4 is 4.90 Å². The van der Waals surface area contributed by atoms with Crippen LogP contribution >= 0.6 is 22.9 Å². The van der Waals surface area contributed by atoms with Crippen LogP contribution in [0.2, 0.25) is 5.28 Å². The van der Waals surface area contributed by atoms with E-state index in [0.29, 0.717) is 11.2 Å². The van der Waals surface area contributed by atoms with Gasteiger partial charge in [0, 0.05) is 18.0 Å². The number of piperidine rings is 1. The highest BCUT2D eigenvalue weighted by Crippen LogP contribution is 2.38. The molecule has 1 aliphatic rings. The summed E-state index contributed by atoms with van der Waals surface area (Å²) in [6, 6.07) is 12.6. The molecular weight excluding hydrogens is 326 g/mol. The quantitative estimate of drug-likeness (QED) is 0.595. The fourth-order valence-electron chi connectivity index (χ4n) is 3.25. The lowest BCUT2D eigenvalue weighted by Crippen LogP contribution is -2.35. The Morgan fingerprint density at radius 2 is 2.04 bits per heavy atom. The highest BCUT2D eigenvalue weighted by molar-refractivity contribution is 7.22. The van der Waals surface area contributed by atoms with Crippen LogP contribution in [-0.2, 0) is 0 Å². The molecule has 23 heavy (non-hydrogen) atoms. The minimum absolute atomic E-state index is 0.340. The third-order valence-electron chi connectivity index (χ3n) is 4.36. The van der Waals surface area contributed by atoms with Crippen molar-refractivity contribution in [3.8, 4) is 10.4 Å². The SMILES string of the molecule is CC1CCCN(c2nc(Cl)nc3sc(-c4ccccc4)cc23)C1. The lowest BCUT2D eigenvalue weighted by atomic mass is 10.0. The van der Waals surface area contributed by atoms with Crippen LogP contribution in [-0.4, -0.2) is 23.1 Å². The predicted molar refractivity (Wildman–Crippen MR) is 98.5 cm³/mol. The molecule has 1 atom stereocenters. The Labute approximate surface area is 144 Å². The molecule has 0 aliphatic carbocycles. The molecule has 0 radical (unpaired) electrons. The van der Waals surface area contributed by atoms with Crippen LogP contribution in [0.3, 0.4) is 0 Å². The number of halogens is 1. The van der Waals surface area contributed by atoms with Gasteiger partial charge in [0.15, 0.2) is 0 Å². The summed E-state index contributed by atoms with van der Waals surface area (Å²) < 4.78 is 0. The van der Waals surface area contributed by atoms with Gasteiger partial charge in [0.2, 0.25) is 5.28 Å². The first kappa shape index (κ1) is 14.9. The molecule has 1 aliphatic heterocycles. The largest absolute Gasteiger partial charge is 0.356 e. The first-order valence-corrected chi connectivity index (χ1v) is 9.17. The van der Waals surface area contributed by atoms with Crippen LogP contribution in [0.15, 0.2) is 36.4 Å². The summed E-state index contributed by atoms with van der Waals surface area (Å²) >= 11 is 7.87. The monoisotopic (exact) mass is 343 g/mol. The van der Waals surface area contributed by atoms with Gasteiger partial charge in [0.25, 0.3) is 0 Å². The van der Waals surface area contributed by atoms with Crippen LogP contribution in [0.1, 0.15) is 19.8 Å². The van der Waals surface area contributed by atoms with Crippen LogP contribution in [0.25, 0.3) is 20.7 Å². The number of hydrogen-bond acceptors (Lipinski definition) is 4. The average molecular weight is 344 g/mol. The summed E-state index contributed by atoms with van der Waals surface area (Å²) in [6.45, 7) is 4.39. The molecule has 1 saturated heterocycles. The van der Waals surface area contributed by atoms with Gasteiger partial charge in [0.05, 0.1) is 5.39 Å². The second kappa shape index (κ2) is 6.10. The highest BCUT2D eigenvalue weighted by atomic mass is 35.5. The second-order valence-corrected chi connectivity index (χ2v) is 7.57. The van der Waals surface area contributed by atoms with E-state index >= 15 is 0 Å². The van der Waals surface area contributed by atoms with Crippen molar-refractivity contribution in [2.75, 3.05) is 18.0 Å². The summed E-state index contributed by atoms with van der Waals surface area (Å²) in [5, 5.41) is 1.46. The molecule has 0 bridgehead atoms. The lowest BCUT2D eigenvalue weighted by molar-refractivity contribution is 0.445. The predicted octanol–water partition coefficient (Wildman–Crippen LogP) is 5.25. The van der Waals surface area contributed by atoms with Gasteiger partial charge in [-0.1, -0.05) is 37.3 Å². The summed E-state index contributed by atoms with van der Waals surface area (Å²) in [7, 11) is 0. The van der Waals surface area contributed by atoms with Crippen molar-refractivity contribution in [1.82, 2.24) is 9.97 Å². The molecule has 118 valence electrons. The summed E-state index contributed by atoms with van der Waals surface area (Å²) in [6.07, 6.45) is 2.50. The van der Waals surface area contributed by atoms with Crippen LogP contribution in [0.4, 0.5) is 5.82 Å². The molecule has 2 aromatic heterocycles. The zero-order chi connectivity index (χ0) is 15.8. The second-order valence-electron chi connectivity index (χ2n) is 6.21. The molecule has 0 amide bonds. The number of rotatable bonds is 2. The minimum atomic E-state index is 0.340. The maximum Gasteiger partial charge on any atom is 0.225 e. The van der Waals surface area contributed by atoms with Gasteiger partial charge in [0.1, 0.15) is 10.6 Å². The van der Waals surface area contributed by atoms with Crippen molar-refractivity contribution in [1.29, 1.82) is 0 Å². The summed E-state index contributed by atoms with van der Waals surface area (Å²) in [5.41, 5.74) is 1.21. The van der Waals surface area contributed by atoms with Crippen LogP contribution in [0.5, 0.6) is 0 Å². The topological polar surface area (TPSA) is 29.0 Å². The molecule has 0 spiro atoms. The molecule has 3 nitrogen and oxygen atoms in total. The summed E-state index contributed by atoms with van der Waals surface area (Å²) in [5.74, 6) is 1.68. The normalized spacial score (nSPS) is 18.5. The molecule has 3 aromatic rings. The molecule has 4 rings (SSSR count). The molecule has 5 heteroatoms. The van der Waals surface area contributed by atoms with Crippen molar-refractivity contribution in [2.45, 2.75) is 19.8 Å². The number of anilines is 1. The Morgan fingerprint density at radius 1 is 1.22 bits per heavy atom. The van der Waals surface area contributed by atoms with Crippen molar-refractivity contribution < 1.29 is 0 Å². The molecule has 0 saturated carbocycles. The van der Waals surface area contributed by atoms with Gasteiger partial charge in [-0.2, -0.15) is 4.98 Å². The van der Waals surface area contributed by atoms with Crippen molar-refractivity contribution in [3.05, 3.63) is 41.7 Å². The smallest absolute Gasteiger partial charge is 0.225 e. The van der Waals surface area contributed by atoms with E-state index in [0.717, 1.165) is 29.1 Å². The summed E-state index contributed by atoms with van der Waals surface area (Å²) in [4.78, 5) is 13.5. The zero-order valence-electron chi connectivity index (χ0n) is 13.0. The van der Waals surface area contributed by atoms with E-state index in [-0.39, 0.29) is 0 Å². The van der Waals surface area contributed by atoms with Crippen molar-refractivity contribution >= 4 is 39.0 Å². The minimum Gasteiger partial charge on any atom is -0.356 e. The van der Waals surface area contributed by atoms with Gasteiger partial charge in [-0.15, -0.1) is 11.3 Å². The fraction of sp³-hybridized carbons (Fsp3) is 0.333. The number of aromatic nitrogens is 2. The van der Waals surface area contributed by atoms with E-state index in [1.54, 1.807) is 11.3 Å². The van der Waals surface area contributed by atoms with E-state index in [1.807, 2.05) is 6.07 Å². The highest BCUT2D eigenvalue weighted by Gasteiger charge is 2.21. The number of nitrogens with zero attached hydrogens (tertiary/aromatic N) is 3. The maximum absolute atomic E-state index is 6.19. The number of hydrogen-bond donors (Lipinski definition) is 0. The van der Waals surface area contributed by atoms with E-state index in [9.17, 15) is 0 Å². The van der Waals surface area contributed by atoms with Crippen molar-refractivity contribution in [3.63, 3.8) is 0 Å².